The summed E-state index contributed by atoms with van der Waals surface area (Å²) in [4.78, 5) is 4.34. The molecular weight excluding hydrogens is 555 g/mol. The largest absolute Gasteiger partial charge is 0.534 e. The Hall–Kier alpha value is -4.15. The minimum Gasteiger partial charge on any atom is -0.491 e. The molecule has 0 fully saturated rings. The highest BCUT2D eigenvalue weighted by molar-refractivity contribution is 7.88. The van der Waals surface area contributed by atoms with Gasteiger partial charge in [-0.05, 0) is 87.1 Å². The number of halogens is 3. The first-order valence-corrected chi connectivity index (χ1v) is 14.3. The molecule has 41 heavy (non-hydrogen) atoms. The molecule has 5 aromatic rings. The maximum Gasteiger partial charge on any atom is 0.534 e. The summed E-state index contributed by atoms with van der Waals surface area (Å²) >= 11 is 0. The first kappa shape index (κ1) is 27.0. The fourth-order valence-corrected chi connectivity index (χ4v) is 5.73. The standard InChI is InChI=1S/C31H24F3NO5S/c32-31(33,34)41(36,37)40-23-8-10-24-21(16-23)6-9-26-25-12-13-35-18-29(25)28-17-22(7-11-27(28)30(24)26)39-15-14-38-19-20-4-2-1-3-5-20/h1-5,7-8,10-13,16-18H,6,9,14-15,19H2. The summed E-state index contributed by atoms with van der Waals surface area (Å²) in [7, 11) is -5.76. The summed E-state index contributed by atoms with van der Waals surface area (Å²) in [5.74, 6) is 0.298. The minimum absolute atomic E-state index is 0.367. The highest BCUT2D eigenvalue weighted by Gasteiger charge is 2.48. The maximum atomic E-state index is 12.9. The van der Waals surface area contributed by atoms with Crippen LogP contribution >= 0.6 is 0 Å². The molecule has 6 nitrogen and oxygen atoms in total. The van der Waals surface area contributed by atoms with Gasteiger partial charge in [0.25, 0.3) is 0 Å². The highest BCUT2D eigenvalue weighted by Crippen LogP contribution is 2.45. The number of ether oxygens (including phenoxy) is 2. The lowest BCUT2D eigenvalue weighted by atomic mass is 9.80. The molecule has 4 aromatic carbocycles. The van der Waals surface area contributed by atoms with Crippen LogP contribution in [0.4, 0.5) is 13.2 Å². The SMILES string of the molecule is O=S(=O)(Oc1ccc2c(c1)CCc1c-2c2ccc(OCCOCc3ccccc3)cc2c2cnccc12)C(F)(F)F. The molecule has 0 amide bonds. The fraction of sp³-hybridized carbons (Fsp3) is 0.194. The number of aryl methyl sites for hydroxylation is 2. The zero-order chi connectivity index (χ0) is 28.6. The van der Waals surface area contributed by atoms with Gasteiger partial charge in [-0.25, -0.2) is 0 Å². The zero-order valence-electron chi connectivity index (χ0n) is 21.6. The predicted molar refractivity (Wildman–Crippen MR) is 149 cm³/mol. The van der Waals surface area contributed by atoms with E-state index < -0.39 is 15.6 Å². The molecule has 0 radical (unpaired) electrons. The van der Waals surface area contributed by atoms with Gasteiger partial charge in [-0.3, -0.25) is 4.98 Å². The van der Waals surface area contributed by atoms with Gasteiger partial charge in [-0.15, -0.1) is 0 Å². The summed E-state index contributed by atoms with van der Waals surface area (Å²) < 4.78 is 77.8. The molecule has 0 unspecified atom stereocenters. The van der Waals surface area contributed by atoms with Crippen LogP contribution in [0, 0.1) is 0 Å². The van der Waals surface area contributed by atoms with E-state index in [1.807, 2.05) is 60.8 Å². The molecule has 210 valence electrons. The molecule has 1 heterocycles. The van der Waals surface area contributed by atoms with Crippen LogP contribution in [0.1, 0.15) is 16.7 Å². The smallest absolute Gasteiger partial charge is 0.491 e. The van der Waals surface area contributed by atoms with E-state index in [4.69, 9.17) is 9.47 Å². The van der Waals surface area contributed by atoms with Gasteiger partial charge in [0.1, 0.15) is 18.1 Å². The van der Waals surface area contributed by atoms with Crippen LogP contribution < -0.4 is 8.92 Å². The predicted octanol–water partition coefficient (Wildman–Crippen LogP) is 6.98. The number of fused-ring (bicyclic) bond motifs is 8. The van der Waals surface area contributed by atoms with E-state index in [0.29, 0.717) is 44.0 Å². The van der Waals surface area contributed by atoms with Crippen molar-refractivity contribution in [3.8, 4) is 22.6 Å². The Morgan fingerprint density at radius 1 is 0.805 bits per heavy atom. The second kappa shape index (κ2) is 10.7. The van der Waals surface area contributed by atoms with Crippen LogP contribution in [0.25, 0.3) is 32.7 Å². The molecule has 0 saturated heterocycles. The van der Waals surface area contributed by atoms with Gasteiger partial charge >= 0.3 is 15.6 Å². The summed E-state index contributed by atoms with van der Waals surface area (Å²) in [6, 6.07) is 21.9. The third kappa shape index (κ3) is 5.32. The molecule has 0 spiro atoms. The van der Waals surface area contributed by atoms with Crippen molar-refractivity contribution in [2.24, 2.45) is 0 Å². The topological polar surface area (TPSA) is 74.7 Å². The van der Waals surface area contributed by atoms with Gasteiger partial charge in [0.2, 0.25) is 0 Å². The van der Waals surface area contributed by atoms with E-state index in [1.165, 1.54) is 12.1 Å². The van der Waals surface area contributed by atoms with Crippen LogP contribution in [0.2, 0.25) is 0 Å². The van der Waals surface area contributed by atoms with Gasteiger partial charge in [0, 0.05) is 17.8 Å². The minimum atomic E-state index is -5.76. The number of hydrogen-bond donors (Lipinski definition) is 0. The molecule has 0 bridgehead atoms. The highest BCUT2D eigenvalue weighted by atomic mass is 32.2. The second-order valence-electron chi connectivity index (χ2n) is 9.67. The average Bonchev–Trinajstić information content (AvgIpc) is 2.96. The Labute approximate surface area is 234 Å². The number of alkyl halides is 3. The van der Waals surface area contributed by atoms with E-state index in [9.17, 15) is 21.6 Å². The molecular formula is C31H24F3NO5S. The lowest BCUT2D eigenvalue weighted by Crippen LogP contribution is -2.28. The molecule has 1 aromatic heterocycles. The van der Waals surface area contributed by atoms with Crippen LogP contribution in [0.15, 0.2) is 85.2 Å². The van der Waals surface area contributed by atoms with Crippen molar-refractivity contribution in [1.82, 2.24) is 4.98 Å². The average molecular weight is 580 g/mol. The van der Waals surface area contributed by atoms with Gasteiger partial charge in [0.15, 0.2) is 0 Å². The number of nitrogens with zero attached hydrogens (tertiary/aromatic N) is 1. The third-order valence-electron chi connectivity index (χ3n) is 7.09. The zero-order valence-corrected chi connectivity index (χ0v) is 22.5. The normalized spacial score (nSPS) is 13.1. The van der Waals surface area contributed by atoms with Crippen LogP contribution in [0.3, 0.4) is 0 Å². The summed E-state index contributed by atoms with van der Waals surface area (Å²) in [6.07, 6.45) is 4.68. The molecule has 0 N–H and O–H groups in total. The van der Waals surface area contributed by atoms with Crippen LogP contribution in [-0.4, -0.2) is 32.1 Å². The first-order valence-electron chi connectivity index (χ1n) is 12.9. The Morgan fingerprint density at radius 2 is 1.61 bits per heavy atom. The Morgan fingerprint density at radius 3 is 2.41 bits per heavy atom. The van der Waals surface area contributed by atoms with Gasteiger partial charge in [0.05, 0.1) is 13.2 Å². The summed E-state index contributed by atoms with van der Waals surface area (Å²) in [5.41, 5.74) is -0.854. The van der Waals surface area contributed by atoms with Gasteiger partial charge in [-0.1, -0.05) is 42.5 Å². The quantitative estimate of drug-likeness (QED) is 0.0855. The lowest BCUT2D eigenvalue weighted by Gasteiger charge is -2.25. The van der Waals surface area contributed by atoms with Crippen molar-refractivity contribution in [3.63, 3.8) is 0 Å². The van der Waals surface area contributed by atoms with Gasteiger partial charge in [-0.2, -0.15) is 21.6 Å². The molecule has 0 saturated carbocycles. The first-order chi connectivity index (χ1) is 19.7. The van der Waals surface area contributed by atoms with Crippen molar-refractivity contribution < 1.29 is 35.2 Å². The summed E-state index contributed by atoms with van der Waals surface area (Å²) in [6.45, 7) is 1.28. The van der Waals surface area contributed by atoms with E-state index in [2.05, 4.69) is 9.17 Å². The lowest BCUT2D eigenvalue weighted by molar-refractivity contribution is -0.0500. The molecule has 1 aliphatic carbocycles. The Kier molecular flexibility index (Phi) is 7.04. The van der Waals surface area contributed by atoms with E-state index in [1.54, 1.807) is 12.3 Å². The van der Waals surface area contributed by atoms with Crippen molar-refractivity contribution in [2.75, 3.05) is 13.2 Å². The van der Waals surface area contributed by atoms with Crippen LogP contribution in [-0.2, 0) is 34.3 Å². The van der Waals surface area contributed by atoms with Gasteiger partial charge < -0.3 is 13.7 Å². The second-order valence-corrected chi connectivity index (χ2v) is 11.2. The number of benzene rings is 4. The molecule has 10 heteroatoms. The third-order valence-corrected chi connectivity index (χ3v) is 8.07. The number of hydrogen-bond acceptors (Lipinski definition) is 6. The van der Waals surface area contributed by atoms with E-state index in [0.717, 1.165) is 43.8 Å². The number of pyridine rings is 1. The molecule has 1 aliphatic rings. The number of rotatable bonds is 8. The Balaban J connectivity index is 1.32. The van der Waals surface area contributed by atoms with Crippen molar-refractivity contribution in [1.29, 1.82) is 0 Å². The molecule has 0 aliphatic heterocycles. The molecule has 0 atom stereocenters. The fourth-order valence-electron chi connectivity index (χ4n) is 5.28. The van der Waals surface area contributed by atoms with Crippen molar-refractivity contribution >= 4 is 31.7 Å². The summed E-state index contributed by atoms with van der Waals surface area (Å²) in [5, 5.41) is 3.84. The maximum absolute atomic E-state index is 12.9. The monoisotopic (exact) mass is 579 g/mol. The number of aromatic nitrogens is 1. The Bertz CT molecular complexity index is 1860. The van der Waals surface area contributed by atoms with Crippen LogP contribution in [0.5, 0.6) is 11.5 Å². The van der Waals surface area contributed by atoms with E-state index >= 15 is 0 Å². The molecule has 6 rings (SSSR count). The van der Waals surface area contributed by atoms with Crippen molar-refractivity contribution in [3.05, 3.63) is 102 Å². The van der Waals surface area contributed by atoms with Crippen molar-refractivity contribution in [2.45, 2.75) is 25.0 Å². The van der Waals surface area contributed by atoms with E-state index in [-0.39, 0.29) is 5.75 Å².